The predicted octanol–water partition coefficient (Wildman–Crippen LogP) is 1.40. The molecule has 0 saturated heterocycles. The molecular formula is C7H10F3N3O. The van der Waals surface area contributed by atoms with E-state index in [-0.39, 0.29) is 5.88 Å². The minimum absolute atomic E-state index is 0.0488. The van der Waals surface area contributed by atoms with Crippen molar-refractivity contribution in [2.45, 2.75) is 6.18 Å². The van der Waals surface area contributed by atoms with Crippen LogP contribution >= 0.6 is 0 Å². The zero-order valence-corrected chi connectivity index (χ0v) is 7.72. The Hall–Kier alpha value is -1.40. The Morgan fingerprint density at radius 3 is 2.71 bits per heavy atom. The van der Waals surface area contributed by atoms with E-state index >= 15 is 0 Å². The molecule has 1 rings (SSSR count). The maximum atomic E-state index is 11.8. The molecule has 14 heavy (non-hydrogen) atoms. The van der Waals surface area contributed by atoms with E-state index in [1.165, 1.54) is 10.9 Å². The molecule has 0 aromatic carbocycles. The maximum absolute atomic E-state index is 11.8. The van der Waals surface area contributed by atoms with Gasteiger partial charge >= 0.3 is 6.18 Å². The van der Waals surface area contributed by atoms with Crippen LogP contribution in [0, 0.1) is 0 Å². The van der Waals surface area contributed by atoms with Crippen molar-refractivity contribution in [3.05, 3.63) is 6.20 Å². The number of alkyl halides is 3. The maximum Gasteiger partial charge on any atom is 0.422 e. The molecule has 0 aliphatic heterocycles. The molecule has 80 valence electrons. The lowest BCUT2D eigenvalue weighted by Gasteiger charge is -2.07. The van der Waals surface area contributed by atoms with Crippen LogP contribution in [0.3, 0.4) is 0 Å². The fourth-order valence-electron chi connectivity index (χ4n) is 0.896. The van der Waals surface area contributed by atoms with Crippen LogP contribution in [0.5, 0.6) is 5.88 Å². The van der Waals surface area contributed by atoms with Gasteiger partial charge in [0.15, 0.2) is 6.61 Å². The highest BCUT2D eigenvalue weighted by molar-refractivity contribution is 5.50. The zero-order chi connectivity index (χ0) is 10.8. The van der Waals surface area contributed by atoms with Crippen molar-refractivity contribution in [1.82, 2.24) is 9.78 Å². The van der Waals surface area contributed by atoms with Crippen LogP contribution in [0.15, 0.2) is 6.20 Å². The molecule has 0 amide bonds. The normalized spacial score (nSPS) is 11.5. The molecule has 7 heteroatoms. The molecule has 1 heterocycles. The van der Waals surface area contributed by atoms with Crippen LogP contribution in [0.25, 0.3) is 0 Å². The van der Waals surface area contributed by atoms with Gasteiger partial charge in [-0.05, 0) is 0 Å². The minimum Gasteiger partial charge on any atom is -0.465 e. The van der Waals surface area contributed by atoms with Crippen molar-refractivity contribution in [1.29, 1.82) is 0 Å². The quantitative estimate of drug-likeness (QED) is 0.817. The summed E-state index contributed by atoms with van der Waals surface area (Å²) in [4.78, 5) is 0. The van der Waals surface area contributed by atoms with Gasteiger partial charge in [-0.15, -0.1) is 5.10 Å². The SMILES string of the molecule is CNc1cn(C)nc1OCC(F)(F)F. The molecule has 0 aliphatic carbocycles. The summed E-state index contributed by atoms with van der Waals surface area (Å²) in [5.74, 6) is -0.0488. The summed E-state index contributed by atoms with van der Waals surface area (Å²) < 4.78 is 41.3. The second kappa shape index (κ2) is 3.77. The van der Waals surface area contributed by atoms with E-state index in [0.717, 1.165) is 0 Å². The number of nitrogens with zero attached hydrogens (tertiary/aromatic N) is 2. The first kappa shape index (κ1) is 10.7. The summed E-state index contributed by atoms with van der Waals surface area (Å²) in [6, 6.07) is 0. The Labute approximate surface area is 78.7 Å². The first-order valence-electron chi connectivity index (χ1n) is 3.83. The molecule has 0 fully saturated rings. The van der Waals surface area contributed by atoms with Gasteiger partial charge in [-0.25, -0.2) is 0 Å². The second-order valence-corrected chi connectivity index (χ2v) is 2.68. The third-order valence-corrected chi connectivity index (χ3v) is 1.44. The molecule has 4 nitrogen and oxygen atoms in total. The van der Waals surface area contributed by atoms with Gasteiger partial charge in [-0.3, -0.25) is 4.68 Å². The number of aromatic nitrogens is 2. The van der Waals surface area contributed by atoms with Gasteiger partial charge in [0.25, 0.3) is 5.88 Å². The summed E-state index contributed by atoms with van der Waals surface area (Å²) in [5, 5.41) is 6.39. The largest absolute Gasteiger partial charge is 0.465 e. The monoisotopic (exact) mass is 209 g/mol. The van der Waals surface area contributed by atoms with Crippen LogP contribution in [0.1, 0.15) is 0 Å². The molecule has 0 radical (unpaired) electrons. The van der Waals surface area contributed by atoms with E-state index < -0.39 is 12.8 Å². The van der Waals surface area contributed by atoms with Crippen molar-refractivity contribution in [2.75, 3.05) is 19.0 Å². The van der Waals surface area contributed by atoms with Crippen LogP contribution in [0.4, 0.5) is 18.9 Å². The van der Waals surface area contributed by atoms with Gasteiger partial charge in [0.05, 0.1) is 6.20 Å². The van der Waals surface area contributed by atoms with Crippen molar-refractivity contribution >= 4 is 5.69 Å². The highest BCUT2D eigenvalue weighted by Crippen LogP contribution is 2.23. The lowest BCUT2D eigenvalue weighted by molar-refractivity contribution is -0.154. The topological polar surface area (TPSA) is 39.1 Å². The number of nitrogens with one attached hydrogen (secondary N) is 1. The van der Waals surface area contributed by atoms with Crippen molar-refractivity contribution in [3.63, 3.8) is 0 Å². The fraction of sp³-hybridized carbons (Fsp3) is 0.571. The van der Waals surface area contributed by atoms with Gasteiger partial charge in [0.1, 0.15) is 5.69 Å². The summed E-state index contributed by atoms with van der Waals surface area (Å²) >= 11 is 0. The number of anilines is 1. The van der Waals surface area contributed by atoms with Crippen LogP contribution < -0.4 is 10.1 Å². The molecule has 0 atom stereocenters. The van der Waals surface area contributed by atoms with Crippen molar-refractivity contribution < 1.29 is 17.9 Å². The van der Waals surface area contributed by atoms with Gasteiger partial charge in [-0.2, -0.15) is 13.2 Å². The summed E-state index contributed by atoms with van der Waals surface area (Å²) in [6.45, 7) is -1.33. The third-order valence-electron chi connectivity index (χ3n) is 1.44. The number of aryl methyl sites for hydroxylation is 1. The summed E-state index contributed by atoms with van der Waals surface area (Å²) in [7, 11) is 3.18. The predicted molar refractivity (Wildman–Crippen MR) is 44.3 cm³/mol. The van der Waals surface area contributed by atoms with Gasteiger partial charge in [0, 0.05) is 14.1 Å². The van der Waals surface area contributed by atoms with Crippen LogP contribution in [-0.4, -0.2) is 29.6 Å². The Morgan fingerprint density at radius 1 is 1.57 bits per heavy atom. The van der Waals surface area contributed by atoms with Crippen LogP contribution in [0.2, 0.25) is 0 Å². The number of rotatable bonds is 3. The smallest absolute Gasteiger partial charge is 0.422 e. The van der Waals surface area contributed by atoms with E-state index in [2.05, 4.69) is 15.2 Å². The first-order valence-corrected chi connectivity index (χ1v) is 3.83. The molecule has 1 aromatic rings. The fourth-order valence-corrected chi connectivity index (χ4v) is 0.896. The Kier molecular flexibility index (Phi) is 2.87. The summed E-state index contributed by atoms with van der Waals surface area (Å²) in [5.41, 5.74) is 0.428. The second-order valence-electron chi connectivity index (χ2n) is 2.68. The zero-order valence-electron chi connectivity index (χ0n) is 7.72. The average molecular weight is 209 g/mol. The molecule has 0 aliphatic rings. The molecule has 0 unspecified atom stereocenters. The molecule has 1 aromatic heterocycles. The lowest BCUT2D eigenvalue weighted by Crippen LogP contribution is -2.19. The van der Waals surface area contributed by atoms with Gasteiger partial charge in [0.2, 0.25) is 0 Å². The van der Waals surface area contributed by atoms with E-state index in [1.807, 2.05) is 0 Å². The highest BCUT2D eigenvalue weighted by atomic mass is 19.4. The number of hydrogen-bond acceptors (Lipinski definition) is 3. The number of ether oxygens (including phenoxy) is 1. The van der Waals surface area contributed by atoms with Gasteiger partial charge < -0.3 is 10.1 Å². The van der Waals surface area contributed by atoms with E-state index in [1.54, 1.807) is 14.1 Å². The highest BCUT2D eigenvalue weighted by Gasteiger charge is 2.29. The average Bonchev–Trinajstić information content (AvgIpc) is 2.41. The van der Waals surface area contributed by atoms with E-state index in [0.29, 0.717) is 5.69 Å². The Morgan fingerprint density at radius 2 is 2.21 bits per heavy atom. The Balaban J connectivity index is 2.66. The lowest BCUT2D eigenvalue weighted by atomic mass is 10.5. The van der Waals surface area contributed by atoms with Gasteiger partial charge in [-0.1, -0.05) is 0 Å². The molecule has 0 bridgehead atoms. The van der Waals surface area contributed by atoms with E-state index in [4.69, 9.17) is 0 Å². The number of hydrogen-bond donors (Lipinski definition) is 1. The first-order chi connectivity index (χ1) is 6.42. The Bertz CT molecular complexity index is 308. The van der Waals surface area contributed by atoms with E-state index in [9.17, 15) is 13.2 Å². The molecular weight excluding hydrogens is 199 g/mol. The molecule has 0 saturated carbocycles. The van der Waals surface area contributed by atoms with Crippen molar-refractivity contribution in [2.24, 2.45) is 7.05 Å². The summed E-state index contributed by atoms with van der Waals surface area (Å²) in [6.07, 6.45) is -2.81. The van der Waals surface area contributed by atoms with Crippen LogP contribution in [-0.2, 0) is 7.05 Å². The minimum atomic E-state index is -4.34. The number of halogens is 3. The molecule has 0 spiro atoms. The standard InChI is InChI=1S/C7H10F3N3O/c1-11-5-3-13(2)12-6(5)14-4-7(8,9)10/h3,11H,4H2,1-2H3. The van der Waals surface area contributed by atoms with Crippen molar-refractivity contribution in [3.8, 4) is 5.88 Å². The molecule has 1 N–H and O–H groups in total. The third kappa shape index (κ3) is 2.82.